The Balaban J connectivity index is 1.77. The molecule has 0 fully saturated rings. The van der Waals surface area contributed by atoms with Crippen molar-refractivity contribution in [3.05, 3.63) is 84.9 Å². The van der Waals surface area contributed by atoms with Crippen LogP contribution in [0, 0.1) is 0 Å². The van der Waals surface area contributed by atoms with Gasteiger partial charge in [-0.3, -0.25) is 13.7 Å². The molecule has 0 aliphatic heterocycles. The molecule has 16 heteroatoms. The van der Waals surface area contributed by atoms with Crippen LogP contribution in [0.1, 0.15) is 0 Å². The number of nitrogens with zero attached hydrogens (tertiary/aromatic N) is 2. The molecule has 5 aromatic carbocycles. The molecule has 0 unspecified atom stereocenters. The van der Waals surface area contributed by atoms with E-state index in [1.807, 2.05) is 0 Å². The van der Waals surface area contributed by atoms with Gasteiger partial charge >= 0.3 is 0 Å². The average Bonchev–Trinajstić information content (AvgIpc) is 2.91. The number of para-hydroxylation sites is 1. The van der Waals surface area contributed by atoms with E-state index in [-0.39, 0.29) is 27.5 Å². The molecule has 5 N–H and O–H groups in total. The Kier molecular flexibility index (Phi) is 7.22. The van der Waals surface area contributed by atoms with Crippen LogP contribution in [0.4, 0.5) is 22.7 Å². The molecule has 216 valence electrons. The number of hydrogen-bond donors (Lipinski definition) is 5. The smallest absolute Gasteiger partial charge is 0.295 e. The molecule has 0 aromatic heterocycles. The summed E-state index contributed by atoms with van der Waals surface area (Å²) in [5, 5.41) is 21.2. The molecule has 0 bridgehead atoms. The molecule has 0 heterocycles. The van der Waals surface area contributed by atoms with Crippen molar-refractivity contribution in [3.8, 4) is 5.75 Å². The van der Waals surface area contributed by atoms with Crippen molar-refractivity contribution in [2.24, 2.45) is 10.2 Å². The van der Waals surface area contributed by atoms with Crippen LogP contribution < -0.4 is 5.32 Å². The highest BCUT2D eigenvalue weighted by Gasteiger charge is 2.23. The topological polar surface area (TPSA) is 220 Å². The summed E-state index contributed by atoms with van der Waals surface area (Å²) in [6.45, 7) is 0. The zero-order valence-corrected chi connectivity index (χ0v) is 23.4. The molecule has 0 spiro atoms. The van der Waals surface area contributed by atoms with Crippen molar-refractivity contribution in [2.45, 2.75) is 14.7 Å². The highest BCUT2D eigenvalue weighted by molar-refractivity contribution is 7.86. The van der Waals surface area contributed by atoms with E-state index in [1.165, 1.54) is 30.3 Å². The number of fused-ring (bicyclic) bond motifs is 2. The Morgan fingerprint density at radius 3 is 1.88 bits per heavy atom. The van der Waals surface area contributed by atoms with Gasteiger partial charge in [-0.25, -0.2) is 0 Å². The van der Waals surface area contributed by atoms with Crippen LogP contribution in [-0.4, -0.2) is 44.0 Å². The standard InChI is InChI=1S/C26H19N3O10S3/c30-22-11-12-23(41(34,35)36)18-13-16(40(31,32)33)14-21(25(18)22)29-28-19-9-10-20(27-15-5-2-1-3-6-15)26-17(19)7-4-8-24(26)42(37,38)39/h1-14,27,30H,(H,31,32,33)(H,34,35,36)(H,37,38,39). The average molecular weight is 630 g/mol. The predicted octanol–water partition coefficient (Wildman–Crippen LogP) is 5.60. The highest BCUT2D eigenvalue weighted by Crippen LogP contribution is 2.42. The predicted molar refractivity (Wildman–Crippen MR) is 153 cm³/mol. The van der Waals surface area contributed by atoms with E-state index in [2.05, 4.69) is 15.5 Å². The van der Waals surface area contributed by atoms with Gasteiger partial charge in [-0.05, 0) is 54.6 Å². The second-order valence-electron chi connectivity index (χ2n) is 8.87. The summed E-state index contributed by atoms with van der Waals surface area (Å²) in [6, 6.07) is 19.1. The maximum Gasteiger partial charge on any atom is 0.295 e. The van der Waals surface area contributed by atoms with Gasteiger partial charge in [-0.1, -0.05) is 30.3 Å². The van der Waals surface area contributed by atoms with Crippen LogP contribution in [0.5, 0.6) is 5.75 Å². The maximum absolute atomic E-state index is 12.3. The lowest BCUT2D eigenvalue weighted by atomic mass is 10.1. The summed E-state index contributed by atoms with van der Waals surface area (Å²) < 4.78 is 102. The quantitative estimate of drug-likeness (QED) is 0.110. The molecule has 0 aliphatic rings. The lowest BCUT2D eigenvalue weighted by Crippen LogP contribution is -2.02. The zero-order chi connectivity index (χ0) is 30.4. The molecular formula is C26H19N3O10S3. The number of nitrogens with one attached hydrogen (secondary N) is 1. The third-order valence-corrected chi connectivity index (χ3v) is 8.80. The van der Waals surface area contributed by atoms with E-state index in [0.717, 1.165) is 24.3 Å². The first kappa shape index (κ1) is 29.1. The highest BCUT2D eigenvalue weighted by atomic mass is 32.2. The van der Waals surface area contributed by atoms with Gasteiger partial charge in [0.1, 0.15) is 15.5 Å². The van der Waals surface area contributed by atoms with Crippen molar-refractivity contribution >= 4 is 74.6 Å². The van der Waals surface area contributed by atoms with E-state index >= 15 is 0 Å². The van der Waals surface area contributed by atoms with Gasteiger partial charge in [-0.15, -0.1) is 10.2 Å². The Bertz CT molecular complexity index is 2250. The van der Waals surface area contributed by atoms with Gasteiger partial charge in [-0.2, -0.15) is 25.3 Å². The maximum atomic E-state index is 12.3. The van der Waals surface area contributed by atoms with Crippen molar-refractivity contribution in [2.75, 3.05) is 5.32 Å². The largest absolute Gasteiger partial charge is 0.507 e. The summed E-state index contributed by atoms with van der Waals surface area (Å²) in [5.41, 5.74) is 0.521. The van der Waals surface area contributed by atoms with E-state index in [9.17, 15) is 44.0 Å². The summed E-state index contributed by atoms with van der Waals surface area (Å²) in [6.07, 6.45) is 0. The number of hydrogen-bond acceptors (Lipinski definition) is 10. The number of phenolic OH excluding ortho intramolecular Hbond substituents is 1. The van der Waals surface area contributed by atoms with Gasteiger partial charge in [0, 0.05) is 27.5 Å². The second-order valence-corrected chi connectivity index (χ2v) is 13.1. The van der Waals surface area contributed by atoms with Gasteiger partial charge < -0.3 is 10.4 Å². The number of benzene rings is 5. The Hall–Kier alpha value is -4.45. The molecule has 5 aromatic rings. The second kappa shape index (κ2) is 10.4. The molecular weight excluding hydrogens is 610 g/mol. The monoisotopic (exact) mass is 629 g/mol. The fraction of sp³-hybridized carbons (Fsp3) is 0. The van der Waals surface area contributed by atoms with Crippen LogP contribution in [0.2, 0.25) is 0 Å². The Labute approximate surface area is 239 Å². The first-order valence-electron chi connectivity index (χ1n) is 11.7. The van der Waals surface area contributed by atoms with E-state index in [4.69, 9.17) is 0 Å². The van der Waals surface area contributed by atoms with Crippen LogP contribution in [0.15, 0.2) is 110 Å². The number of aromatic hydroxyl groups is 1. The lowest BCUT2D eigenvalue weighted by molar-refractivity contribution is 0.476. The van der Waals surface area contributed by atoms with Crippen LogP contribution >= 0.6 is 0 Å². The summed E-state index contributed by atoms with van der Waals surface area (Å²) in [5.74, 6) is -0.547. The van der Waals surface area contributed by atoms with Crippen molar-refractivity contribution in [1.82, 2.24) is 0 Å². The van der Waals surface area contributed by atoms with Gasteiger partial charge in [0.05, 0.1) is 21.7 Å². The number of phenols is 1. The molecule has 5 rings (SSSR count). The van der Waals surface area contributed by atoms with Gasteiger partial charge in [0.15, 0.2) is 0 Å². The third-order valence-electron chi connectivity index (χ3n) is 6.16. The minimum absolute atomic E-state index is 0.0324. The number of rotatable bonds is 7. The SMILES string of the molecule is O=S(=O)(O)c1cc(N=Nc2ccc(Nc3ccccc3)c3c(S(=O)(=O)O)cccc23)c2c(O)ccc(S(=O)(=O)O)c2c1. The van der Waals surface area contributed by atoms with Crippen LogP contribution in [0.3, 0.4) is 0 Å². The number of azo groups is 1. The molecule has 0 radical (unpaired) electrons. The van der Waals surface area contributed by atoms with Gasteiger partial charge in [0.25, 0.3) is 30.4 Å². The normalized spacial score (nSPS) is 12.7. The van der Waals surface area contributed by atoms with Crippen molar-refractivity contribution in [3.63, 3.8) is 0 Å². The molecule has 42 heavy (non-hydrogen) atoms. The minimum Gasteiger partial charge on any atom is -0.507 e. The molecule has 0 saturated carbocycles. The summed E-state index contributed by atoms with van der Waals surface area (Å²) in [7, 11) is -14.6. The molecule has 0 aliphatic carbocycles. The van der Waals surface area contributed by atoms with E-state index < -0.39 is 61.9 Å². The van der Waals surface area contributed by atoms with E-state index in [0.29, 0.717) is 5.69 Å². The molecule has 13 nitrogen and oxygen atoms in total. The molecule has 0 atom stereocenters. The first-order valence-corrected chi connectivity index (χ1v) is 16.0. The summed E-state index contributed by atoms with van der Waals surface area (Å²) >= 11 is 0. The third kappa shape index (κ3) is 5.67. The van der Waals surface area contributed by atoms with E-state index in [1.54, 1.807) is 30.3 Å². The van der Waals surface area contributed by atoms with Gasteiger partial charge in [0.2, 0.25) is 0 Å². The summed E-state index contributed by atoms with van der Waals surface area (Å²) in [4.78, 5) is -2.01. The number of anilines is 2. The fourth-order valence-electron chi connectivity index (χ4n) is 4.39. The fourth-order valence-corrected chi connectivity index (χ4v) is 6.33. The zero-order valence-electron chi connectivity index (χ0n) is 20.9. The van der Waals surface area contributed by atoms with Crippen molar-refractivity contribution in [1.29, 1.82) is 0 Å². The Morgan fingerprint density at radius 1 is 0.571 bits per heavy atom. The molecule has 0 saturated heterocycles. The van der Waals surface area contributed by atoms with Crippen molar-refractivity contribution < 1.29 is 44.0 Å². The minimum atomic E-state index is -4.93. The van der Waals surface area contributed by atoms with Crippen LogP contribution in [0.25, 0.3) is 21.5 Å². The first-order chi connectivity index (χ1) is 19.6. The molecule has 0 amide bonds. The van der Waals surface area contributed by atoms with Crippen LogP contribution in [-0.2, 0) is 30.4 Å². The Morgan fingerprint density at radius 2 is 1.24 bits per heavy atom. The lowest BCUT2D eigenvalue weighted by Gasteiger charge is -2.14.